The molecule has 1 fully saturated rings. The van der Waals surface area contributed by atoms with Crippen LogP contribution in [0.3, 0.4) is 0 Å². The lowest BCUT2D eigenvalue weighted by Crippen LogP contribution is -2.36. The zero-order valence-electron chi connectivity index (χ0n) is 16.7. The molecule has 8 nitrogen and oxygen atoms in total. The minimum atomic E-state index is -3.54. The van der Waals surface area contributed by atoms with E-state index in [1.165, 1.54) is 0 Å². The van der Waals surface area contributed by atoms with Gasteiger partial charge in [-0.15, -0.1) is 0 Å². The molecule has 0 spiro atoms. The molecule has 1 N–H and O–H groups in total. The van der Waals surface area contributed by atoms with Crippen LogP contribution < -0.4 is 9.62 Å². The highest BCUT2D eigenvalue weighted by Crippen LogP contribution is 2.32. The van der Waals surface area contributed by atoms with Gasteiger partial charge in [0, 0.05) is 30.2 Å². The van der Waals surface area contributed by atoms with Crippen molar-refractivity contribution >= 4 is 44.0 Å². The van der Waals surface area contributed by atoms with Crippen LogP contribution >= 0.6 is 11.6 Å². The Labute approximate surface area is 180 Å². The van der Waals surface area contributed by atoms with Gasteiger partial charge in [0.15, 0.2) is 5.15 Å². The summed E-state index contributed by atoms with van der Waals surface area (Å²) >= 11 is 6.14. The van der Waals surface area contributed by atoms with Crippen molar-refractivity contribution in [3.63, 3.8) is 0 Å². The van der Waals surface area contributed by atoms with Crippen LogP contribution in [0.5, 0.6) is 0 Å². The second-order valence-electron chi connectivity index (χ2n) is 7.29. The van der Waals surface area contributed by atoms with Crippen molar-refractivity contribution in [1.29, 1.82) is 0 Å². The number of nitrogens with one attached hydrogen (secondary N) is 1. The first-order valence-electron chi connectivity index (χ1n) is 9.60. The number of pyridine rings is 1. The molecule has 158 valence electrons. The number of fused-ring (bicyclic) bond motifs is 1. The summed E-state index contributed by atoms with van der Waals surface area (Å²) in [7, 11) is -3.54. The summed E-state index contributed by atoms with van der Waals surface area (Å²) in [5, 5.41) is 0.420. The Hall–Kier alpha value is -2.49. The summed E-state index contributed by atoms with van der Waals surface area (Å²) in [6.07, 6.45) is 3.18. The van der Waals surface area contributed by atoms with Crippen molar-refractivity contribution in [2.75, 3.05) is 35.9 Å². The van der Waals surface area contributed by atoms with Gasteiger partial charge in [-0.2, -0.15) is 0 Å². The van der Waals surface area contributed by atoms with Gasteiger partial charge in [-0.1, -0.05) is 17.7 Å². The predicted octanol–water partition coefficient (Wildman–Crippen LogP) is 3.33. The van der Waals surface area contributed by atoms with Crippen LogP contribution in [0.15, 0.2) is 36.8 Å². The molecular weight excluding hydrogens is 426 g/mol. The average molecular weight is 448 g/mol. The third kappa shape index (κ3) is 4.19. The smallest absolute Gasteiger partial charge is 0.235 e. The van der Waals surface area contributed by atoms with Gasteiger partial charge in [0.2, 0.25) is 10.0 Å². The molecule has 4 rings (SSSR count). The van der Waals surface area contributed by atoms with Crippen molar-refractivity contribution in [1.82, 2.24) is 15.0 Å². The number of hydrogen-bond acceptors (Lipinski definition) is 7. The molecule has 3 aromatic rings. The van der Waals surface area contributed by atoms with Crippen molar-refractivity contribution in [3.8, 4) is 11.1 Å². The molecule has 1 aliphatic heterocycles. The van der Waals surface area contributed by atoms with E-state index >= 15 is 0 Å². The largest absolute Gasteiger partial charge is 0.378 e. The van der Waals surface area contributed by atoms with Crippen LogP contribution in [0.4, 0.5) is 11.5 Å². The van der Waals surface area contributed by atoms with Crippen LogP contribution in [0, 0.1) is 0 Å². The first-order chi connectivity index (χ1) is 14.3. The number of aromatic nitrogens is 3. The van der Waals surface area contributed by atoms with Crippen LogP contribution in [0.2, 0.25) is 5.15 Å². The number of halogens is 1. The van der Waals surface area contributed by atoms with E-state index in [-0.39, 0.29) is 10.8 Å². The van der Waals surface area contributed by atoms with Gasteiger partial charge in [-0.25, -0.2) is 23.4 Å². The third-order valence-corrected chi connectivity index (χ3v) is 7.02. The Morgan fingerprint density at radius 1 is 1.10 bits per heavy atom. The highest BCUT2D eigenvalue weighted by atomic mass is 35.5. The van der Waals surface area contributed by atoms with E-state index in [4.69, 9.17) is 16.3 Å². The van der Waals surface area contributed by atoms with Crippen LogP contribution in [0.25, 0.3) is 22.0 Å². The lowest BCUT2D eigenvalue weighted by molar-refractivity contribution is 0.122. The van der Waals surface area contributed by atoms with Crippen LogP contribution in [-0.2, 0) is 14.8 Å². The van der Waals surface area contributed by atoms with E-state index in [1.807, 2.05) is 18.2 Å². The number of benzene rings is 1. The normalized spacial score (nSPS) is 15.0. The Balaban J connectivity index is 1.75. The van der Waals surface area contributed by atoms with Crippen molar-refractivity contribution in [2.45, 2.75) is 19.1 Å². The number of morpholine rings is 1. The maximum absolute atomic E-state index is 12.3. The molecule has 3 heterocycles. The number of rotatable bonds is 5. The second-order valence-corrected chi connectivity index (χ2v) is 9.88. The number of anilines is 2. The van der Waals surface area contributed by atoms with E-state index in [0.717, 1.165) is 40.9 Å². The molecule has 1 aromatic carbocycles. The molecule has 0 radical (unpaired) electrons. The molecule has 0 bridgehead atoms. The lowest BCUT2D eigenvalue weighted by atomic mass is 10.0. The summed E-state index contributed by atoms with van der Waals surface area (Å²) in [5.41, 5.74) is 2.68. The molecular formula is C20H22ClN5O3S. The fourth-order valence-corrected chi connectivity index (χ4v) is 4.10. The molecule has 1 aliphatic rings. The van der Waals surface area contributed by atoms with Gasteiger partial charge < -0.3 is 9.64 Å². The molecule has 0 aliphatic carbocycles. The Kier molecular flexibility index (Phi) is 5.77. The van der Waals surface area contributed by atoms with Gasteiger partial charge in [-0.05, 0) is 37.6 Å². The second kappa shape index (κ2) is 8.33. The van der Waals surface area contributed by atoms with Gasteiger partial charge in [0.1, 0.15) is 12.1 Å². The Morgan fingerprint density at radius 2 is 1.87 bits per heavy atom. The number of hydrogen-bond donors (Lipinski definition) is 1. The molecule has 30 heavy (non-hydrogen) atoms. The van der Waals surface area contributed by atoms with E-state index in [9.17, 15) is 8.42 Å². The Bertz CT molecular complexity index is 1180. The highest BCUT2D eigenvalue weighted by Gasteiger charge is 2.19. The standard InChI is InChI=1S/C20H22ClN5O3S/c1-13(2)30(27,28)25-18-10-15(11-22-19(18)21)14-3-4-17-16(9-14)20(24-12-23-17)26-5-7-29-8-6-26/h3-4,9-13,25H,5-8H2,1-2H3. The maximum atomic E-state index is 12.3. The van der Waals surface area contributed by atoms with Gasteiger partial charge in [0.05, 0.1) is 29.7 Å². The first kappa shape index (κ1) is 20.8. The van der Waals surface area contributed by atoms with Gasteiger partial charge >= 0.3 is 0 Å². The van der Waals surface area contributed by atoms with Crippen LogP contribution in [0.1, 0.15) is 13.8 Å². The summed E-state index contributed by atoms with van der Waals surface area (Å²) in [6.45, 7) is 6.05. The molecule has 1 saturated heterocycles. The molecule has 0 unspecified atom stereocenters. The van der Waals surface area contributed by atoms with Crippen molar-refractivity contribution < 1.29 is 13.2 Å². The lowest BCUT2D eigenvalue weighted by Gasteiger charge is -2.28. The average Bonchev–Trinajstić information content (AvgIpc) is 2.75. The SMILES string of the molecule is CC(C)S(=O)(=O)Nc1cc(-c2ccc3ncnc(N4CCOCC4)c3c2)cnc1Cl. The molecule has 0 atom stereocenters. The summed E-state index contributed by atoms with van der Waals surface area (Å²) in [6, 6.07) is 7.52. The number of nitrogens with zero attached hydrogens (tertiary/aromatic N) is 4. The topological polar surface area (TPSA) is 97.3 Å². The molecule has 10 heteroatoms. The van der Waals surface area contributed by atoms with E-state index in [1.54, 1.807) is 32.4 Å². The third-order valence-electron chi connectivity index (χ3n) is 4.97. The zero-order valence-corrected chi connectivity index (χ0v) is 18.2. The highest BCUT2D eigenvalue weighted by molar-refractivity contribution is 7.93. The van der Waals surface area contributed by atoms with Gasteiger partial charge in [0.25, 0.3) is 0 Å². The van der Waals surface area contributed by atoms with E-state index in [2.05, 4.69) is 24.6 Å². The molecule has 0 amide bonds. The van der Waals surface area contributed by atoms with E-state index < -0.39 is 15.3 Å². The van der Waals surface area contributed by atoms with E-state index in [0.29, 0.717) is 13.2 Å². The zero-order chi connectivity index (χ0) is 21.3. The predicted molar refractivity (Wildman–Crippen MR) is 118 cm³/mol. The van der Waals surface area contributed by atoms with Crippen molar-refractivity contribution in [2.24, 2.45) is 0 Å². The molecule has 0 saturated carbocycles. The summed E-state index contributed by atoms with van der Waals surface area (Å²) in [5.74, 6) is 0.854. The number of ether oxygens (including phenoxy) is 1. The minimum absolute atomic E-state index is 0.0982. The first-order valence-corrected chi connectivity index (χ1v) is 11.5. The van der Waals surface area contributed by atoms with Gasteiger partial charge in [-0.3, -0.25) is 4.72 Å². The Morgan fingerprint density at radius 3 is 2.60 bits per heavy atom. The quantitative estimate of drug-likeness (QED) is 0.599. The summed E-state index contributed by atoms with van der Waals surface area (Å²) < 4.78 is 32.5. The summed E-state index contributed by atoms with van der Waals surface area (Å²) in [4.78, 5) is 15.2. The van der Waals surface area contributed by atoms with Crippen LogP contribution in [-0.4, -0.2) is 54.9 Å². The number of sulfonamides is 1. The monoisotopic (exact) mass is 447 g/mol. The minimum Gasteiger partial charge on any atom is -0.378 e. The molecule has 2 aromatic heterocycles. The fourth-order valence-electron chi connectivity index (χ4n) is 3.20. The fraction of sp³-hybridized carbons (Fsp3) is 0.350. The maximum Gasteiger partial charge on any atom is 0.235 e. The van der Waals surface area contributed by atoms with Crippen molar-refractivity contribution in [3.05, 3.63) is 41.9 Å².